The molecule has 0 bridgehead atoms. The zero-order valence-electron chi connectivity index (χ0n) is 11.7. The van der Waals surface area contributed by atoms with E-state index in [0.717, 1.165) is 17.0 Å². The molecule has 0 radical (unpaired) electrons. The Labute approximate surface area is 128 Å². The fraction of sp³-hybridized carbons (Fsp3) is 0.188. The van der Waals surface area contributed by atoms with E-state index in [1.807, 2.05) is 54.6 Å². The molecule has 0 aliphatic heterocycles. The monoisotopic (exact) mass is 303 g/mol. The summed E-state index contributed by atoms with van der Waals surface area (Å²) < 4.78 is 5.32. The van der Waals surface area contributed by atoms with Gasteiger partial charge in [0.15, 0.2) is 0 Å². The Morgan fingerprint density at radius 1 is 1.19 bits per heavy atom. The van der Waals surface area contributed by atoms with Gasteiger partial charge < -0.3 is 15.2 Å². The molecule has 110 valence electrons. The number of anilines is 1. The van der Waals surface area contributed by atoms with Crippen molar-refractivity contribution in [3.63, 3.8) is 0 Å². The highest BCUT2D eigenvalue weighted by Gasteiger charge is 2.15. The Morgan fingerprint density at radius 3 is 2.52 bits per heavy atom. The van der Waals surface area contributed by atoms with Gasteiger partial charge in [-0.05, 0) is 17.7 Å². The first kappa shape index (κ1) is 15.3. The van der Waals surface area contributed by atoms with E-state index in [2.05, 4.69) is 5.32 Å². The molecule has 2 aromatic carbocycles. The summed E-state index contributed by atoms with van der Waals surface area (Å²) in [6.07, 6.45) is 0. The first-order valence-electron chi connectivity index (χ1n) is 6.48. The van der Waals surface area contributed by atoms with E-state index in [0.29, 0.717) is 0 Å². The molecule has 0 saturated carbocycles. The first-order chi connectivity index (χ1) is 10.2. The normalized spacial score (nSPS) is 11.7. The van der Waals surface area contributed by atoms with Crippen LogP contribution in [-0.4, -0.2) is 23.9 Å². The van der Waals surface area contributed by atoms with Crippen LogP contribution in [-0.2, 0) is 4.79 Å². The molecule has 0 aromatic heterocycles. The van der Waals surface area contributed by atoms with Crippen LogP contribution in [0.2, 0.25) is 0 Å². The van der Waals surface area contributed by atoms with Gasteiger partial charge in [0, 0.05) is 0 Å². The Hall–Kier alpha value is -2.14. The Morgan fingerprint density at radius 2 is 1.86 bits per heavy atom. The lowest BCUT2D eigenvalue weighted by atomic mass is 10.2. The highest BCUT2D eigenvalue weighted by Crippen LogP contribution is 2.33. The van der Waals surface area contributed by atoms with Crippen molar-refractivity contribution in [2.45, 2.75) is 5.37 Å². The maximum absolute atomic E-state index is 10.8. The second kappa shape index (κ2) is 7.59. The minimum Gasteiger partial charge on any atom is -0.495 e. The molecular formula is C16H17NO3S. The molecule has 2 rings (SSSR count). The average Bonchev–Trinajstić information content (AvgIpc) is 2.52. The molecule has 5 heteroatoms. The zero-order valence-corrected chi connectivity index (χ0v) is 12.5. The van der Waals surface area contributed by atoms with Crippen LogP contribution < -0.4 is 10.1 Å². The summed E-state index contributed by atoms with van der Waals surface area (Å²) >= 11 is 1.33. The van der Waals surface area contributed by atoms with Gasteiger partial charge in [0.05, 0.1) is 23.9 Å². The molecule has 2 N–H and O–H groups in total. The van der Waals surface area contributed by atoms with E-state index in [9.17, 15) is 4.79 Å². The molecule has 0 aliphatic carbocycles. The molecule has 0 unspecified atom stereocenters. The molecule has 0 amide bonds. The molecule has 2 aromatic rings. The fourth-order valence-corrected chi connectivity index (χ4v) is 2.78. The predicted octanol–water partition coefficient (Wildman–Crippen LogP) is 3.62. The minimum absolute atomic E-state index is 0.0295. The van der Waals surface area contributed by atoms with Gasteiger partial charge in [0.1, 0.15) is 5.75 Å². The number of hydrogen-bond donors (Lipinski definition) is 2. The van der Waals surface area contributed by atoms with Crippen molar-refractivity contribution in [3.05, 3.63) is 60.2 Å². The van der Waals surface area contributed by atoms with Crippen molar-refractivity contribution < 1.29 is 14.6 Å². The van der Waals surface area contributed by atoms with Gasteiger partial charge in [-0.15, -0.1) is 11.8 Å². The number of carbonyl (C=O) groups is 1. The van der Waals surface area contributed by atoms with E-state index >= 15 is 0 Å². The Balaban J connectivity index is 2.21. The summed E-state index contributed by atoms with van der Waals surface area (Å²) in [6.45, 7) is 0. The summed E-state index contributed by atoms with van der Waals surface area (Å²) in [5.74, 6) is -0.0704. The van der Waals surface area contributed by atoms with Crippen molar-refractivity contribution in [3.8, 4) is 5.75 Å². The topological polar surface area (TPSA) is 58.6 Å². The van der Waals surface area contributed by atoms with Gasteiger partial charge in [-0.3, -0.25) is 4.79 Å². The van der Waals surface area contributed by atoms with Gasteiger partial charge in [0.25, 0.3) is 0 Å². The van der Waals surface area contributed by atoms with Crippen LogP contribution in [0, 0.1) is 0 Å². The second-order valence-corrected chi connectivity index (χ2v) is 5.43. The third kappa shape index (κ3) is 4.43. The molecule has 1 atom stereocenters. The molecule has 0 fully saturated rings. The van der Waals surface area contributed by atoms with Gasteiger partial charge in [-0.2, -0.15) is 0 Å². The van der Waals surface area contributed by atoms with Crippen LogP contribution >= 0.6 is 11.8 Å². The number of carboxylic acid groups (broad SMARTS) is 1. The number of nitrogens with one attached hydrogen (secondary N) is 1. The number of hydrogen-bond acceptors (Lipinski definition) is 4. The summed E-state index contributed by atoms with van der Waals surface area (Å²) in [6, 6.07) is 17.3. The van der Waals surface area contributed by atoms with E-state index in [1.54, 1.807) is 7.11 Å². The number of ether oxygens (including phenoxy) is 1. The van der Waals surface area contributed by atoms with Crippen molar-refractivity contribution >= 4 is 23.4 Å². The number of methoxy groups -OCH3 is 1. The van der Waals surface area contributed by atoms with Gasteiger partial charge in [0.2, 0.25) is 0 Å². The number of thioether (sulfide) groups is 1. The Kier molecular flexibility index (Phi) is 5.51. The van der Waals surface area contributed by atoms with Crippen molar-refractivity contribution in [1.82, 2.24) is 0 Å². The average molecular weight is 303 g/mol. The van der Waals surface area contributed by atoms with E-state index in [4.69, 9.17) is 9.84 Å². The molecule has 0 spiro atoms. The largest absolute Gasteiger partial charge is 0.495 e. The first-order valence-corrected chi connectivity index (χ1v) is 7.53. The number of para-hydroxylation sites is 2. The highest BCUT2D eigenvalue weighted by atomic mass is 32.2. The standard InChI is InChI=1S/C16H17NO3S/c1-20-14-10-6-5-9-13(14)17-16(21-11-15(18)19)12-7-3-2-4-8-12/h2-10,16-17H,11H2,1H3,(H,18,19)/t16-/m0/s1. The van der Waals surface area contributed by atoms with Crippen LogP contribution in [0.5, 0.6) is 5.75 Å². The van der Waals surface area contributed by atoms with E-state index in [-0.39, 0.29) is 11.1 Å². The minimum atomic E-state index is -0.831. The van der Waals surface area contributed by atoms with Crippen molar-refractivity contribution in [2.24, 2.45) is 0 Å². The number of benzene rings is 2. The smallest absolute Gasteiger partial charge is 0.313 e. The van der Waals surface area contributed by atoms with Gasteiger partial charge >= 0.3 is 5.97 Å². The summed E-state index contributed by atoms with van der Waals surface area (Å²) in [5, 5.41) is 12.1. The molecular weight excluding hydrogens is 286 g/mol. The lowest BCUT2D eigenvalue weighted by Gasteiger charge is -2.20. The van der Waals surface area contributed by atoms with Gasteiger partial charge in [-0.1, -0.05) is 42.5 Å². The number of aliphatic carboxylic acids is 1. The SMILES string of the molecule is COc1ccccc1N[C@@H](SCC(=O)O)c1ccccc1. The van der Waals surface area contributed by atoms with E-state index < -0.39 is 5.97 Å². The second-order valence-electron chi connectivity index (χ2n) is 4.34. The van der Waals surface area contributed by atoms with Crippen molar-refractivity contribution in [1.29, 1.82) is 0 Å². The zero-order chi connectivity index (χ0) is 15.1. The Bertz CT molecular complexity index is 589. The molecule has 21 heavy (non-hydrogen) atoms. The van der Waals surface area contributed by atoms with Crippen LogP contribution in [0.1, 0.15) is 10.9 Å². The summed E-state index contributed by atoms with van der Waals surface area (Å²) in [5.41, 5.74) is 1.86. The molecule has 0 heterocycles. The van der Waals surface area contributed by atoms with Gasteiger partial charge in [-0.25, -0.2) is 0 Å². The summed E-state index contributed by atoms with van der Waals surface area (Å²) in [4.78, 5) is 10.8. The van der Waals surface area contributed by atoms with Crippen LogP contribution in [0.25, 0.3) is 0 Å². The van der Waals surface area contributed by atoms with E-state index in [1.165, 1.54) is 11.8 Å². The lowest BCUT2D eigenvalue weighted by molar-refractivity contribution is -0.133. The number of carboxylic acids is 1. The van der Waals surface area contributed by atoms with Crippen LogP contribution in [0.3, 0.4) is 0 Å². The molecule has 0 saturated heterocycles. The lowest BCUT2D eigenvalue weighted by Crippen LogP contribution is -2.11. The molecule has 4 nitrogen and oxygen atoms in total. The summed E-state index contributed by atoms with van der Waals surface area (Å²) in [7, 11) is 1.61. The predicted molar refractivity (Wildman–Crippen MR) is 85.9 cm³/mol. The van der Waals surface area contributed by atoms with Crippen LogP contribution in [0.15, 0.2) is 54.6 Å². The fourth-order valence-electron chi connectivity index (χ4n) is 1.91. The maximum atomic E-state index is 10.8. The maximum Gasteiger partial charge on any atom is 0.313 e. The highest BCUT2D eigenvalue weighted by molar-refractivity contribution is 8.00. The van der Waals surface area contributed by atoms with Crippen LogP contribution in [0.4, 0.5) is 5.69 Å². The third-order valence-electron chi connectivity index (χ3n) is 2.87. The third-order valence-corrected chi connectivity index (χ3v) is 4.01. The number of rotatable bonds is 7. The molecule has 0 aliphatic rings. The quantitative estimate of drug-likeness (QED) is 0.765. The van der Waals surface area contributed by atoms with Crippen molar-refractivity contribution in [2.75, 3.05) is 18.2 Å².